The summed E-state index contributed by atoms with van der Waals surface area (Å²) in [7, 11) is 3.08. The maximum Gasteiger partial charge on any atom is 0.257 e. The molecule has 2 aromatic carbocycles. The molecule has 194 valence electrons. The maximum atomic E-state index is 11.6. The smallest absolute Gasteiger partial charge is 0.257 e. The molecule has 0 aliphatic carbocycles. The Hall–Kier alpha value is -3.78. The van der Waals surface area contributed by atoms with Gasteiger partial charge >= 0.3 is 0 Å². The first-order chi connectivity index (χ1) is 17.7. The van der Waals surface area contributed by atoms with Crippen molar-refractivity contribution in [1.29, 1.82) is 0 Å². The number of benzene rings is 2. The predicted molar refractivity (Wildman–Crippen MR) is 142 cm³/mol. The lowest BCUT2D eigenvalue weighted by molar-refractivity contribution is 0.394. The van der Waals surface area contributed by atoms with Crippen LogP contribution in [-0.2, 0) is 11.8 Å². The molecule has 2 N–H and O–H groups in total. The van der Waals surface area contributed by atoms with Crippen molar-refractivity contribution in [2.75, 3.05) is 14.2 Å². The number of pyridine rings is 1. The Labute approximate surface area is 220 Å². The second-order valence-electron chi connectivity index (χ2n) is 9.17. The molecular weight excluding hydrogens is 494 g/mol. The number of hydrogen-bond donors (Lipinski definition) is 2. The standard InChI is InChI=1S/C28H30ClN3O5/c1-6-7-9-18-21(22-19(35-4)10-8-11-20(22)36-5)24(33)23(25(34)30-18)26-31-32-27(37-26)28(2,3)16-12-14-17(29)15-13-16/h8,10-15H,6-7,9H2,1-5H3,(H2,30,33,34). The lowest BCUT2D eigenvalue weighted by Crippen LogP contribution is -2.19. The molecule has 0 unspecified atom stereocenters. The lowest BCUT2D eigenvalue weighted by atomic mass is 9.84. The van der Waals surface area contributed by atoms with E-state index in [0.717, 1.165) is 18.4 Å². The number of unbranched alkanes of at least 4 members (excludes halogenated alkanes) is 1. The van der Waals surface area contributed by atoms with Crippen molar-refractivity contribution in [3.05, 3.63) is 64.6 Å². The monoisotopic (exact) mass is 523 g/mol. The first kappa shape index (κ1) is 26.3. The van der Waals surface area contributed by atoms with E-state index in [0.29, 0.717) is 45.7 Å². The van der Waals surface area contributed by atoms with E-state index in [9.17, 15) is 10.2 Å². The number of methoxy groups -OCH3 is 2. The Kier molecular flexibility index (Phi) is 7.59. The average molecular weight is 524 g/mol. The van der Waals surface area contributed by atoms with E-state index in [1.54, 1.807) is 44.6 Å². The SMILES string of the molecule is CCCCc1nc(O)c(-c2nnc(C(C)(C)c3ccc(Cl)cc3)o2)c(O)c1-c1c(OC)cccc1OC. The highest BCUT2D eigenvalue weighted by atomic mass is 35.5. The van der Waals surface area contributed by atoms with Crippen LogP contribution in [0, 0.1) is 0 Å². The van der Waals surface area contributed by atoms with Crippen molar-refractivity contribution in [2.45, 2.75) is 45.4 Å². The number of aromatic nitrogens is 3. The molecule has 0 spiro atoms. The zero-order chi connectivity index (χ0) is 26.7. The predicted octanol–water partition coefficient (Wildman–Crippen LogP) is 6.55. The molecule has 0 saturated heterocycles. The van der Waals surface area contributed by atoms with E-state index in [1.807, 2.05) is 26.0 Å². The maximum absolute atomic E-state index is 11.6. The first-order valence-electron chi connectivity index (χ1n) is 12.0. The van der Waals surface area contributed by atoms with Crippen molar-refractivity contribution in [3.8, 4) is 45.7 Å². The summed E-state index contributed by atoms with van der Waals surface area (Å²) in [4.78, 5) is 4.46. The molecule has 9 heteroatoms. The van der Waals surface area contributed by atoms with Gasteiger partial charge in [-0.3, -0.25) is 0 Å². The molecular formula is C28H30ClN3O5. The molecule has 8 nitrogen and oxygen atoms in total. The Morgan fingerprint density at radius 2 is 1.57 bits per heavy atom. The molecule has 0 bridgehead atoms. The highest BCUT2D eigenvalue weighted by Gasteiger charge is 2.33. The van der Waals surface area contributed by atoms with Gasteiger partial charge in [0, 0.05) is 5.02 Å². The lowest BCUT2D eigenvalue weighted by Gasteiger charge is -2.21. The number of hydrogen-bond acceptors (Lipinski definition) is 8. The Balaban J connectivity index is 1.91. The minimum absolute atomic E-state index is 0.0586. The van der Waals surface area contributed by atoms with Gasteiger partial charge in [-0.25, -0.2) is 4.98 Å². The van der Waals surface area contributed by atoms with Crippen LogP contribution < -0.4 is 9.47 Å². The molecule has 0 aliphatic rings. The van der Waals surface area contributed by atoms with Crippen LogP contribution in [0.2, 0.25) is 5.02 Å². The fourth-order valence-corrected chi connectivity index (χ4v) is 4.38. The summed E-state index contributed by atoms with van der Waals surface area (Å²) < 4.78 is 17.2. The number of nitrogens with zero attached hydrogens (tertiary/aromatic N) is 3. The summed E-state index contributed by atoms with van der Waals surface area (Å²) in [6, 6.07) is 12.7. The molecule has 2 heterocycles. The molecule has 0 atom stereocenters. The van der Waals surface area contributed by atoms with E-state index < -0.39 is 11.3 Å². The van der Waals surface area contributed by atoms with E-state index in [1.165, 1.54) is 0 Å². The van der Waals surface area contributed by atoms with Crippen molar-refractivity contribution < 1.29 is 24.1 Å². The third-order valence-corrected chi connectivity index (χ3v) is 6.66. The molecule has 0 radical (unpaired) electrons. The van der Waals surface area contributed by atoms with Gasteiger partial charge in [0.05, 0.1) is 36.5 Å². The van der Waals surface area contributed by atoms with Gasteiger partial charge in [0.2, 0.25) is 11.8 Å². The zero-order valence-corrected chi connectivity index (χ0v) is 22.3. The molecule has 0 saturated carbocycles. The van der Waals surface area contributed by atoms with Crippen molar-refractivity contribution in [1.82, 2.24) is 15.2 Å². The van der Waals surface area contributed by atoms with Gasteiger partial charge in [-0.2, -0.15) is 0 Å². The Morgan fingerprint density at radius 1 is 0.919 bits per heavy atom. The third-order valence-electron chi connectivity index (χ3n) is 6.41. The number of aryl methyl sites for hydroxylation is 1. The van der Waals surface area contributed by atoms with Crippen LogP contribution in [0.5, 0.6) is 23.1 Å². The number of aromatic hydroxyl groups is 2. The van der Waals surface area contributed by atoms with Crippen LogP contribution >= 0.6 is 11.6 Å². The fraction of sp³-hybridized carbons (Fsp3) is 0.321. The van der Waals surface area contributed by atoms with Gasteiger partial charge in [0.25, 0.3) is 5.89 Å². The molecule has 0 amide bonds. The average Bonchev–Trinajstić information content (AvgIpc) is 3.38. The summed E-state index contributed by atoms with van der Waals surface area (Å²) in [5.74, 6) is 0.565. The molecule has 4 rings (SSSR count). The fourth-order valence-electron chi connectivity index (χ4n) is 4.26. The van der Waals surface area contributed by atoms with E-state index >= 15 is 0 Å². The number of halogens is 1. The Bertz CT molecular complexity index is 1380. The highest BCUT2D eigenvalue weighted by Crippen LogP contribution is 2.50. The van der Waals surface area contributed by atoms with Crippen molar-refractivity contribution >= 4 is 11.6 Å². The van der Waals surface area contributed by atoms with Gasteiger partial charge in [-0.05, 0) is 56.5 Å². The van der Waals surface area contributed by atoms with Gasteiger partial charge in [-0.15, -0.1) is 10.2 Å². The molecule has 37 heavy (non-hydrogen) atoms. The van der Waals surface area contributed by atoms with Crippen molar-refractivity contribution in [3.63, 3.8) is 0 Å². The zero-order valence-electron chi connectivity index (χ0n) is 21.5. The van der Waals surface area contributed by atoms with Crippen LogP contribution in [0.1, 0.15) is 50.8 Å². The summed E-state index contributed by atoms with van der Waals surface area (Å²) in [5.41, 5.74) is 1.59. The number of rotatable bonds is 9. The van der Waals surface area contributed by atoms with Gasteiger partial charge in [0.15, 0.2) is 0 Å². The van der Waals surface area contributed by atoms with Crippen LogP contribution in [0.15, 0.2) is 46.9 Å². The topological polar surface area (TPSA) is 111 Å². The van der Waals surface area contributed by atoms with Gasteiger partial charge in [-0.1, -0.05) is 43.1 Å². The summed E-state index contributed by atoms with van der Waals surface area (Å²) >= 11 is 6.05. The Morgan fingerprint density at radius 3 is 2.16 bits per heavy atom. The third kappa shape index (κ3) is 4.93. The molecule has 2 aromatic heterocycles. The number of ether oxygens (including phenoxy) is 2. The normalized spacial score (nSPS) is 11.5. The van der Waals surface area contributed by atoms with E-state index in [-0.39, 0.29) is 17.2 Å². The second kappa shape index (κ2) is 10.7. The minimum atomic E-state index is -0.662. The molecule has 0 aliphatic heterocycles. The van der Waals surface area contributed by atoms with Crippen LogP contribution in [0.4, 0.5) is 0 Å². The highest BCUT2D eigenvalue weighted by molar-refractivity contribution is 6.30. The van der Waals surface area contributed by atoms with E-state index in [4.69, 9.17) is 25.5 Å². The van der Waals surface area contributed by atoms with Crippen molar-refractivity contribution in [2.24, 2.45) is 0 Å². The molecule has 0 fully saturated rings. The minimum Gasteiger partial charge on any atom is -0.506 e. The van der Waals surface area contributed by atoms with Gasteiger partial charge in [0.1, 0.15) is 22.8 Å². The summed E-state index contributed by atoms with van der Waals surface area (Å²) in [5, 5.41) is 31.6. The van der Waals surface area contributed by atoms with Gasteiger partial charge < -0.3 is 24.1 Å². The van der Waals surface area contributed by atoms with Crippen LogP contribution in [0.3, 0.4) is 0 Å². The largest absolute Gasteiger partial charge is 0.506 e. The van der Waals surface area contributed by atoms with Crippen LogP contribution in [-0.4, -0.2) is 39.6 Å². The van der Waals surface area contributed by atoms with Crippen LogP contribution in [0.25, 0.3) is 22.6 Å². The quantitative estimate of drug-likeness (QED) is 0.254. The first-order valence-corrected chi connectivity index (χ1v) is 12.4. The second-order valence-corrected chi connectivity index (χ2v) is 9.60. The summed E-state index contributed by atoms with van der Waals surface area (Å²) in [6.45, 7) is 5.93. The van der Waals surface area contributed by atoms with E-state index in [2.05, 4.69) is 22.1 Å². The molecule has 4 aromatic rings. The summed E-state index contributed by atoms with van der Waals surface area (Å²) in [6.07, 6.45) is 2.23.